The standard InChI is InChI=1S/C25H23NO5/c1-14(2)19-12-20-18(11-22(27)31-21(20)10-15(19)3)13-29-25(28)23-16(4)30-24(26-23)17-8-6-5-7-9-17/h5-12,14H,13H2,1-4H3. The number of benzene rings is 2. The Balaban J connectivity index is 1.62. The Morgan fingerprint density at radius 2 is 1.81 bits per heavy atom. The number of esters is 1. The van der Waals surface area contributed by atoms with E-state index in [1.807, 2.05) is 49.4 Å². The van der Waals surface area contributed by atoms with Crippen LogP contribution in [0.25, 0.3) is 22.4 Å². The van der Waals surface area contributed by atoms with Crippen LogP contribution in [0.1, 0.15) is 52.7 Å². The SMILES string of the molecule is Cc1cc2oc(=O)cc(COC(=O)c3nc(-c4ccccc4)oc3C)c2cc1C(C)C. The minimum absolute atomic E-state index is 0.0749. The van der Waals surface area contributed by atoms with E-state index in [4.69, 9.17) is 13.6 Å². The van der Waals surface area contributed by atoms with Crippen molar-refractivity contribution < 1.29 is 18.4 Å². The molecular formula is C25H23NO5. The number of aryl methyl sites for hydroxylation is 2. The van der Waals surface area contributed by atoms with Crippen LogP contribution in [0.3, 0.4) is 0 Å². The van der Waals surface area contributed by atoms with Gasteiger partial charge in [0, 0.05) is 22.6 Å². The van der Waals surface area contributed by atoms with E-state index < -0.39 is 11.6 Å². The van der Waals surface area contributed by atoms with Crippen LogP contribution in [-0.2, 0) is 11.3 Å². The molecule has 0 atom stereocenters. The normalized spacial score (nSPS) is 11.3. The first-order valence-electron chi connectivity index (χ1n) is 10.1. The summed E-state index contributed by atoms with van der Waals surface area (Å²) in [7, 11) is 0. The number of ether oxygens (including phenoxy) is 1. The van der Waals surface area contributed by atoms with Gasteiger partial charge < -0.3 is 13.6 Å². The monoisotopic (exact) mass is 417 g/mol. The quantitative estimate of drug-likeness (QED) is 0.313. The van der Waals surface area contributed by atoms with Gasteiger partial charge in [0.15, 0.2) is 5.69 Å². The molecule has 0 amide bonds. The molecule has 0 saturated carbocycles. The molecule has 6 heteroatoms. The maximum atomic E-state index is 12.7. The van der Waals surface area contributed by atoms with Gasteiger partial charge in [0.05, 0.1) is 0 Å². The van der Waals surface area contributed by atoms with E-state index >= 15 is 0 Å². The van der Waals surface area contributed by atoms with Gasteiger partial charge in [-0.3, -0.25) is 0 Å². The molecule has 0 radical (unpaired) electrons. The lowest BCUT2D eigenvalue weighted by Crippen LogP contribution is -2.09. The lowest BCUT2D eigenvalue weighted by molar-refractivity contribution is 0.0465. The third-order valence-electron chi connectivity index (χ3n) is 5.21. The fourth-order valence-electron chi connectivity index (χ4n) is 3.63. The fraction of sp³-hybridized carbons (Fsp3) is 0.240. The van der Waals surface area contributed by atoms with Gasteiger partial charge in [-0.25, -0.2) is 14.6 Å². The molecule has 158 valence electrons. The molecule has 2 aromatic heterocycles. The molecule has 0 spiro atoms. The summed E-state index contributed by atoms with van der Waals surface area (Å²) >= 11 is 0. The molecule has 4 rings (SSSR count). The van der Waals surface area contributed by atoms with Crippen molar-refractivity contribution >= 4 is 16.9 Å². The van der Waals surface area contributed by atoms with Gasteiger partial charge in [0.1, 0.15) is 18.0 Å². The summed E-state index contributed by atoms with van der Waals surface area (Å²) in [6, 6.07) is 14.5. The molecule has 0 unspecified atom stereocenters. The zero-order chi connectivity index (χ0) is 22.1. The van der Waals surface area contributed by atoms with Gasteiger partial charge in [-0.05, 0) is 55.2 Å². The van der Waals surface area contributed by atoms with Crippen LogP contribution in [0.5, 0.6) is 0 Å². The van der Waals surface area contributed by atoms with Gasteiger partial charge >= 0.3 is 11.6 Å². The van der Waals surface area contributed by atoms with Crippen molar-refractivity contribution in [3.05, 3.63) is 87.1 Å². The van der Waals surface area contributed by atoms with E-state index in [1.54, 1.807) is 6.92 Å². The largest absolute Gasteiger partial charge is 0.456 e. The van der Waals surface area contributed by atoms with Crippen molar-refractivity contribution in [2.45, 2.75) is 40.2 Å². The van der Waals surface area contributed by atoms with Crippen LogP contribution in [0.15, 0.2) is 62.2 Å². The molecule has 2 aromatic carbocycles. The van der Waals surface area contributed by atoms with Gasteiger partial charge in [-0.2, -0.15) is 0 Å². The minimum atomic E-state index is -0.610. The first-order chi connectivity index (χ1) is 14.8. The Bertz CT molecular complexity index is 1320. The summed E-state index contributed by atoms with van der Waals surface area (Å²) in [5, 5.41) is 0.753. The fourth-order valence-corrected chi connectivity index (χ4v) is 3.63. The molecule has 31 heavy (non-hydrogen) atoms. The Hall–Kier alpha value is -3.67. The van der Waals surface area contributed by atoms with E-state index in [0.29, 0.717) is 28.7 Å². The van der Waals surface area contributed by atoms with Gasteiger partial charge in [-0.1, -0.05) is 32.0 Å². The number of aromatic nitrogens is 1. The number of nitrogens with zero attached hydrogens (tertiary/aromatic N) is 1. The van der Waals surface area contributed by atoms with E-state index in [9.17, 15) is 9.59 Å². The number of hydrogen-bond acceptors (Lipinski definition) is 6. The van der Waals surface area contributed by atoms with E-state index in [1.165, 1.54) is 6.07 Å². The molecule has 6 nitrogen and oxygen atoms in total. The van der Waals surface area contributed by atoms with Crippen molar-refractivity contribution in [3.8, 4) is 11.5 Å². The van der Waals surface area contributed by atoms with Gasteiger partial charge in [-0.15, -0.1) is 0 Å². The second kappa shape index (κ2) is 8.22. The van der Waals surface area contributed by atoms with Crippen molar-refractivity contribution in [2.24, 2.45) is 0 Å². The minimum Gasteiger partial charge on any atom is -0.456 e. The van der Waals surface area contributed by atoms with Crippen LogP contribution in [0.4, 0.5) is 0 Å². The van der Waals surface area contributed by atoms with Gasteiger partial charge in [0.2, 0.25) is 5.89 Å². The molecule has 0 bridgehead atoms. The Labute approximate surface area is 179 Å². The number of carbonyl (C=O) groups is 1. The summed E-state index contributed by atoms with van der Waals surface area (Å²) in [4.78, 5) is 29.0. The maximum Gasteiger partial charge on any atom is 0.360 e. The molecule has 0 N–H and O–H groups in total. The summed E-state index contributed by atoms with van der Waals surface area (Å²) < 4.78 is 16.5. The van der Waals surface area contributed by atoms with Crippen molar-refractivity contribution in [1.29, 1.82) is 0 Å². The second-order valence-electron chi connectivity index (χ2n) is 7.82. The summed E-state index contributed by atoms with van der Waals surface area (Å²) in [6.45, 7) is 7.78. The maximum absolute atomic E-state index is 12.7. The lowest BCUT2D eigenvalue weighted by Gasteiger charge is -2.13. The first kappa shape index (κ1) is 20.6. The van der Waals surface area contributed by atoms with Crippen molar-refractivity contribution in [1.82, 2.24) is 4.98 Å². The molecule has 2 heterocycles. The third-order valence-corrected chi connectivity index (χ3v) is 5.21. The van der Waals surface area contributed by atoms with Crippen LogP contribution in [0, 0.1) is 13.8 Å². The molecule has 0 aliphatic rings. The summed E-state index contributed by atoms with van der Waals surface area (Å²) in [6.07, 6.45) is 0. The van der Waals surface area contributed by atoms with E-state index in [0.717, 1.165) is 22.1 Å². The highest BCUT2D eigenvalue weighted by molar-refractivity contribution is 5.89. The van der Waals surface area contributed by atoms with Gasteiger partial charge in [0.25, 0.3) is 0 Å². The molecular weight excluding hydrogens is 394 g/mol. The third kappa shape index (κ3) is 4.14. The topological polar surface area (TPSA) is 82.5 Å². The zero-order valence-corrected chi connectivity index (χ0v) is 17.9. The van der Waals surface area contributed by atoms with E-state index in [-0.39, 0.29) is 12.3 Å². The average molecular weight is 417 g/mol. The highest BCUT2D eigenvalue weighted by atomic mass is 16.5. The van der Waals surface area contributed by atoms with Crippen LogP contribution >= 0.6 is 0 Å². The Morgan fingerprint density at radius 3 is 2.52 bits per heavy atom. The van der Waals surface area contributed by atoms with Crippen LogP contribution in [-0.4, -0.2) is 11.0 Å². The highest BCUT2D eigenvalue weighted by Crippen LogP contribution is 2.28. The molecule has 0 aliphatic carbocycles. The highest BCUT2D eigenvalue weighted by Gasteiger charge is 2.20. The van der Waals surface area contributed by atoms with E-state index in [2.05, 4.69) is 18.8 Å². The predicted molar refractivity (Wildman–Crippen MR) is 117 cm³/mol. The van der Waals surface area contributed by atoms with Crippen molar-refractivity contribution in [3.63, 3.8) is 0 Å². The summed E-state index contributed by atoms with van der Waals surface area (Å²) in [5.41, 5.74) is 3.66. The lowest BCUT2D eigenvalue weighted by atomic mass is 9.95. The number of rotatable bonds is 5. The predicted octanol–water partition coefficient (Wildman–Crippen LogP) is 5.55. The zero-order valence-electron chi connectivity index (χ0n) is 17.9. The average Bonchev–Trinajstić information content (AvgIpc) is 3.13. The first-order valence-corrected chi connectivity index (χ1v) is 10.1. The summed E-state index contributed by atoms with van der Waals surface area (Å²) in [5.74, 6) is 0.425. The molecule has 0 saturated heterocycles. The number of carbonyl (C=O) groups excluding carboxylic acids is 1. The Kier molecular flexibility index (Phi) is 5.46. The van der Waals surface area contributed by atoms with Crippen LogP contribution in [0.2, 0.25) is 0 Å². The smallest absolute Gasteiger partial charge is 0.360 e. The van der Waals surface area contributed by atoms with Crippen molar-refractivity contribution in [2.75, 3.05) is 0 Å². The molecule has 4 aromatic rings. The Morgan fingerprint density at radius 1 is 1.06 bits per heavy atom. The number of fused-ring (bicyclic) bond motifs is 1. The molecule has 0 fully saturated rings. The number of hydrogen-bond donors (Lipinski definition) is 0. The van der Waals surface area contributed by atoms with Crippen LogP contribution < -0.4 is 5.63 Å². The number of oxazole rings is 1. The molecule has 0 aliphatic heterocycles. The second-order valence-corrected chi connectivity index (χ2v) is 7.82.